The third-order valence-electron chi connectivity index (χ3n) is 4.62. The van der Waals surface area contributed by atoms with Crippen molar-refractivity contribution in [2.45, 2.75) is 33.6 Å². The molecule has 5 nitrogen and oxygen atoms in total. The van der Waals surface area contributed by atoms with Crippen LogP contribution in [0.5, 0.6) is 0 Å². The van der Waals surface area contributed by atoms with Gasteiger partial charge in [0.05, 0.1) is 0 Å². The molecule has 0 radical (unpaired) electrons. The summed E-state index contributed by atoms with van der Waals surface area (Å²) < 4.78 is 32.2. The van der Waals surface area contributed by atoms with Gasteiger partial charge in [-0.1, -0.05) is 13.8 Å². The van der Waals surface area contributed by atoms with Gasteiger partial charge >= 0.3 is 0 Å². The van der Waals surface area contributed by atoms with Gasteiger partial charge in [0.2, 0.25) is 0 Å². The van der Waals surface area contributed by atoms with Crippen LogP contribution in [0.2, 0.25) is 0 Å². The molecule has 1 unspecified atom stereocenters. The van der Waals surface area contributed by atoms with E-state index in [2.05, 4.69) is 29.4 Å². The van der Waals surface area contributed by atoms with Crippen LogP contribution in [0.25, 0.3) is 0 Å². The molecule has 28 heavy (non-hydrogen) atoms. The molecule has 0 bridgehead atoms. The third-order valence-corrected chi connectivity index (χ3v) is 4.62. The second kappa shape index (κ2) is 11.8. The molecule has 0 spiro atoms. The molecule has 1 aliphatic heterocycles. The molecule has 1 heterocycles. The van der Waals surface area contributed by atoms with E-state index < -0.39 is 11.6 Å². The Hall–Kier alpha value is -1.89. The van der Waals surface area contributed by atoms with Crippen LogP contribution in [-0.4, -0.2) is 51.9 Å². The fourth-order valence-electron chi connectivity index (χ4n) is 3.16. The molecule has 1 aromatic rings. The van der Waals surface area contributed by atoms with Crippen molar-refractivity contribution in [2.75, 3.05) is 50.8 Å². The Morgan fingerprint density at radius 2 is 2.11 bits per heavy atom. The van der Waals surface area contributed by atoms with Crippen molar-refractivity contribution in [3.8, 4) is 0 Å². The molecule has 1 aromatic carbocycles. The highest BCUT2D eigenvalue weighted by atomic mass is 19.2. The van der Waals surface area contributed by atoms with Crippen molar-refractivity contribution in [1.29, 1.82) is 0 Å². The number of nitrogens with zero attached hydrogens (tertiary/aromatic N) is 2. The first kappa shape index (κ1) is 22.4. The first-order valence-corrected chi connectivity index (χ1v) is 10.3. The molecule has 1 saturated heterocycles. The number of hydrogen-bond donors (Lipinski definition) is 2. The van der Waals surface area contributed by atoms with Gasteiger partial charge in [-0.2, -0.15) is 0 Å². The number of aliphatic imine (C=N–C) groups is 1. The van der Waals surface area contributed by atoms with Crippen molar-refractivity contribution in [3.63, 3.8) is 0 Å². The largest absolute Gasteiger partial charge is 0.381 e. The maximum absolute atomic E-state index is 13.5. The molecule has 1 aliphatic rings. The molecule has 2 rings (SSSR count). The second-order valence-corrected chi connectivity index (χ2v) is 7.67. The zero-order valence-electron chi connectivity index (χ0n) is 17.3. The van der Waals surface area contributed by atoms with Gasteiger partial charge < -0.3 is 20.3 Å². The second-order valence-electron chi connectivity index (χ2n) is 7.67. The lowest BCUT2D eigenvalue weighted by atomic mass is 10.1. The van der Waals surface area contributed by atoms with E-state index in [0.717, 1.165) is 63.9 Å². The molecule has 7 heteroatoms. The van der Waals surface area contributed by atoms with Crippen LogP contribution >= 0.6 is 0 Å². The lowest BCUT2D eigenvalue weighted by Crippen LogP contribution is -2.38. The number of halogens is 2. The van der Waals surface area contributed by atoms with Crippen LogP contribution in [-0.2, 0) is 4.74 Å². The van der Waals surface area contributed by atoms with E-state index >= 15 is 0 Å². The molecule has 2 N–H and O–H groups in total. The summed E-state index contributed by atoms with van der Waals surface area (Å²) in [5.41, 5.74) is 0.733. The number of nitrogens with one attached hydrogen (secondary N) is 2. The quantitative estimate of drug-likeness (QED) is 0.362. The monoisotopic (exact) mass is 396 g/mol. The summed E-state index contributed by atoms with van der Waals surface area (Å²) in [6.07, 6.45) is 1.93. The number of benzene rings is 1. The number of anilines is 1. The van der Waals surface area contributed by atoms with Crippen LogP contribution in [0, 0.1) is 23.5 Å². The minimum absolute atomic E-state index is 0.401. The van der Waals surface area contributed by atoms with E-state index in [1.54, 1.807) is 6.07 Å². The van der Waals surface area contributed by atoms with Gasteiger partial charge in [-0.15, -0.1) is 0 Å². The maximum atomic E-state index is 13.5. The molecule has 0 saturated carbocycles. The van der Waals surface area contributed by atoms with Crippen molar-refractivity contribution in [1.82, 2.24) is 10.6 Å². The Kier molecular flexibility index (Phi) is 9.47. The summed E-state index contributed by atoms with van der Waals surface area (Å²) in [4.78, 5) is 6.79. The SMILES string of the molecule is CCNC(=NCC1CCN(c2ccc(F)c(F)c2)C1)NCCCOCC(C)C. The predicted molar refractivity (Wildman–Crippen MR) is 111 cm³/mol. The van der Waals surface area contributed by atoms with Crippen LogP contribution in [0.1, 0.15) is 33.6 Å². The average molecular weight is 397 g/mol. The Labute approximate surface area is 167 Å². The molecule has 0 aliphatic carbocycles. The van der Waals surface area contributed by atoms with Gasteiger partial charge in [0.1, 0.15) is 0 Å². The van der Waals surface area contributed by atoms with Crippen molar-refractivity contribution in [2.24, 2.45) is 16.8 Å². The number of guanidine groups is 1. The lowest BCUT2D eigenvalue weighted by Gasteiger charge is -2.18. The van der Waals surface area contributed by atoms with E-state index in [4.69, 9.17) is 9.73 Å². The standard InChI is InChI=1S/C21H34F2N4O/c1-4-24-21(25-9-5-11-28-15-16(2)3)26-13-17-8-10-27(14-17)18-6-7-19(22)20(23)12-18/h6-7,12,16-17H,4-5,8-11,13-15H2,1-3H3,(H2,24,25,26). The van der Waals surface area contributed by atoms with Crippen LogP contribution < -0.4 is 15.5 Å². The normalized spacial score (nSPS) is 17.4. The summed E-state index contributed by atoms with van der Waals surface area (Å²) in [5.74, 6) is 0.176. The first-order chi connectivity index (χ1) is 13.5. The van der Waals surface area contributed by atoms with Gasteiger partial charge in [-0.3, -0.25) is 4.99 Å². The van der Waals surface area contributed by atoms with Gasteiger partial charge in [0.15, 0.2) is 17.6 Å². The zero-order valence-corrected chi connectivity index (χ0v) is 17.3. The van der Waals surface area contributed by atoms with E-state index in [-0.39, 0.29) is 0 Å². The van der Waals surface area contributed by atoms with E-state index in [1.807, 2.05) is 6.92 Å². The molecule has 1 fully saturated rings. The smallest absolute Gasteiger partial charge is 0.191 e. The van der Waals surface area contributed by atoms with Gasteiger partial charge in [0, 0.05) is 57.7 Å². The summed E-state index contributed by atoms with van der Waals surface area (Å²) in [6.45, 7) is 11.8. The van der Waals surface area contributed by atoms with E-state index in [0.29, 0.717) is 18.4 Å². The number of ether oxygens (including phenoxy) is 1. The molecule has 158 valence electrons. The van der Waals surface area contributed by atoms with Crippen molar-refractivity contribution >= 4 is 11.6 Å². The summed E-state index contributed by atoms with van der Waals surface area (Å²) in [6, 6.07) is 4.10. The summed E-state index contributed by atoms with van der Waals surface area (Å²) in [5, 5.41) is 6.61. The number of rotatable bonds is 10. The van der Waals surface area contributed by atoms with Crippen LogP contribution in [0.4, 0.5) is 14.5 Å². The molecule has 0 amide bonds. The minimum Gasteiger partial charge on any atom is -0.381 e. The average Bonchev–Trinajstić information content (AvgIpc) is 3.13. The highest BCUT2D eigenvalue weighted by Crippen LogP contribution is 2.25. The lowest BCUT2D eigenvalue weighted by molar-refractivity contribution is 0.108. The van der Waals surface area contributed by atoms with Crippen molar-refractivity contribution in [3.05, 3.63) is 29.8 Å². The third kappa shape index (κ3) is 7.62. The van der Waals surface area contributed by atoms with Gasteiger partial charge in [-0.05, 0) is 43.7 Å². The fourth-order valence-corrected chi connectivity index (χ4v) is 3.16. The Morgan fingerprint density at radius 3 is 2.82 bits per heavy atom. The molecular formula is C21H34F2N4O. The molecule has 1 atom stereocenters. The predicted octanol–water partition coefficient (Wildman–Crippen LogP) is 3.41. The van der Waals surface area contributed by atoms with Crippen molar-refractivity contribution < 1.29 is 13.5 Å². The Morgan fingerprint density at radius 1 is 1.29 bits per heavy atom. The fraction of sp³-hybridized carbons (Fsp3) is 0.667. The Bertz CT molecular complexity index is 624. The molecular weight excluding hydrogens is 362 g/mol. The van der Waals surface area contributed by atoms with Crippen LogP contribution in [0.15, 0.2) is 23.2 Å². The van der Waals surface area contributed by atoms with E-state index in [9.17, 15) is 8.78 Å². The minimum atomic E-state index is -0.806. The first-order valence-electron chi connectivity index (χ1n) is 10.3. The summed E-state index contributed by atoms with van der Waals surface area (Å²) >= 11 is 0. The topological polar surface area (TPSA) is 48.9 Å². The highest BCUT2D eigenvalue weighted by Gasteiger charge is 2.23. The van der Waals surface area contributed by atoms with E-state index in [1.165, 1.54) is 12.1 Å². The Balaban J connectivity index is 1.75. The molecule has 0 aromatic heterocycles. The number of hydrogen-bond acceptors (Lipinski definition) is 3. The highest BCUT2D eigenvalue weighted by molar-refractivity contribution is 5.79. The maximum Gasteiger partial charge on any atom is 0.191 e. The van der Waals surface area contributed by atoms with Gasteiger partial charge in [-0.25, -0.2) is 8.78 Å². The summed E-state index contributed by atoms with van der Waals surface area (Å²) in [7, 11) is 0. The van der Waals surface area contributed by atoms with Crippen LogP contribution in [0.3, 0.4) is 0 Å². The van der Waals surface area contributed by atoms with Gasteiger partial charge in [0.25, 0.3) is 0 Å². The zero-order chi connectivity index (χ0) is 20.4.